The number of rotatable bonds is 5. The average Bonchev–Trinajstić information content (AvgIpc) is 2.83. The molecule has 4 aromatic rings. The molecule has 0 radical (unpaired) electrons. The molecule has 1 aliphatic carbocycles. The zero-order chi connectivity index (χ0) is 22.9. The lowest BCUT2D eigenvalue weighted by Gasteiger charge is -2.28. The average molecular weight is 442 g/mol. The molecule has 7 heteroatoms. The summed E-state index contributed by atoms with van der Waals surface area (Å²) in [5.41, 5.74) is 5.78. The molecule has 0 unspecified atom stereocenters. The Morgan fingerprint density at radius 2 is 1.88 bits per heavy atom. The molecule has 168 valence electrons. The third-order valence-corrected chi connectivity index (χ3v) is 6.83. The normalized spacial score (nSPS) is 18.6. The highest BCUT2D eigenvalue weighted by Crippen LogP contribution is 2.37. The number of hydrogen-bond donors (Lipinski definition) is 2. The van der Waals surface area contributed by atoms with Crippen molar-refractivity contribution in [3.63, 3.8) is 0 Å². The van der Waals surface area contributed by atoms with E-state index in [0.29, 0.717) is 11.1 Å². The second-order valence-electron chi connectivity index (χ2n) is 8.92. The van der Waals surface area contributed by atoms with Crippen molar-refractivity contribution in [3.05, 3.63) is 65.5 Å². The number of para-hydroxylation sites is 1. The number of benzene rings is 1. The Morgan fingerprint density at radius 1 is 1.12 bits per heavy atom. The molecule has 0 amide bonds. The van der Waals surface area contributed by atoms with Crippen molar-refractivity contribution in [1.29, 1.82) is 5.41 Å². The number of carboxylic acid groups (broad SMARTS) is 1. The van der Waals surface area contributed by atoms with Crippen LogP contribution in [0.2, 0.25) is 0 Å². The maximum Gasteiger partial charge on any atom is 0.303 e. The van der Waals surface area contributed by atoms with Crippen molar-refractivity contribution in [3.8, 4) is 11.1 Å². The summed E-state index contributed by atoms with van der Waals surface area (Å²) in [6.45, 7) is 2.05. The highest BCUT2D eigenvalue weighted by Gasteiger charge is 2.27. The number of aliphatic carboxylic acids is 1. The summed E-state index contributed by atoms with van der Waals surface area (Å²) in [4.78, 5) is 20.7. The summed E-state index contributed by atoms with van der Waals surface area (Å²) in [5, 5.41) is 23.5. The van der Waals surface area contributed by atoms with Gasteiger partial charge < -0.3 is 5.11 Å². The van der Waals surface area contributed by atoms with E-state index in [1.165, 1.54) is 0 Å². The van der Waals surface area contributed by atoms with E-state index in [2.05, 4.69) is 23.1 Å². The molecular weight excluding hydrogens is 414 g/mol. The maximum absolute atomic E-state index is 11.1. The second kappa shape index (κ2) is 8.73. The van der Waals surface area contributed by atoms with E-state index in [1.54, 1.807) is 10.7 Å². The monoisotopic (exact) mass is 441 g/mol. The van der Waals surface area contributed by atoms with Crippen LogP contribution in [0.4, 0.5) is 0 Å². The van der Waals surface area contributed by atoms with Gasteiger partial charge in [-0.15, -0.1) is 0 Å². The predicted molar refractivity (Wildman–Crippen MR) is 126 cm³/mol. The number of carboxylic acids is 1. The molecule has 3 heterocycles. The van der Waals surface area contributed by atoms with Crippen LogP contribution in [0.5, 0.6) is 0 Å². The maximum atomic E-state index is 11.1. The first kappa shape index (κ1) is 21.2. The van der Waals surface area contributed by atoms with Crippen LogP contribution in [0.25, 0.3) is 27.7 Å². The minimum atomic E-state index is -0.719. The molecule has 1 fully saturated rings. The third-order valence-electron chi connectivity index (χ3n) is 6.83. The van der Waals surface area contributed by atoms with Crippen LogP contribution < -0.4 is 5.49 Å². The van der Waals surface area contributed by atoms with Crippen molar-refractivity contribution in [2.45, 2.75) is 51.4 Å². The lowest BCUT2D eigenvalue weighted by Crippen LogP contribution is -2.27. The first-order valence-electron chi connectivity index (χ1n) is 11.6. The number of pyridine rings is 1. The number of fused-ring (bicyclic) bond motifs is 2. The molecule has 0 atom stereocenters. The Bertz CT molecular complexity index is 1400. The smallest absolute Gasteiger partial charge is 0.303 e. The Hall–Kier alpha value is -3.61. The highest BCUT2D eigenvalue weighted by atomic mass is 16.4. The molecule has 5 rings (SSSR count). The van der Waals surface area contributed by atoms with Crippen LogP contribution >= 0.6 is 0 Å². The topological polar surface area (TPSA) is 104 Å². The van der Waals surface area contributed by atoms with Crippen LogP contribution in [-0.2, 0) is 11.2 Å². The van der Waals surface area contributed by atoms with Crippen LogP contribution in [0.3, 0.4) is 0 Å². The predicted octanol–water partition coefficient (Wildman–Crippen LogP) is 4.73. The number of aromatic nitrogens is 4. The van der Waals surface area contributed by atoms with Crippen LogP contribution in [0.1, 0.15) is 56.2 Å². The molecule has 0 saturated heterocycles. The molecule has 0 bridgehead atoms. The summed E-state index contributed by atoms with van der Waals surface area (Å²) in [5.74, 6) is -0.226. The van der Waals surface area contributed by atoms with Gasteiger partial charge in [-0.25, -0.2) is 4.98 Å². The van der Waals surface area contributed by atoms with Gasteiger partial charge in [-0.05, 0) is 56.2 Å². The molecule has 1 aromatic carbocycles. The van der Waals surface area contributed by atoms with Gasteiger partial charge in [0.2, 0.25) is 0 Å². The van der Waals surface area contributed by atoms with Crippen LogP contribution in [0.15, 0.2) is 48.8 Å². The molecule has 1 saturated carbocycles. The fourth-order valence-corrected chi connectivity index (χ4v) is 5.07. The summed E-state index contributed by atoms with van der Waals surface area (Å²) >= 11 is 0. The summed E-state index contributed by atoms with van der Waals surface area (Å²) < 4.78 is 1.61. The van der Waals surface area contributed by atoms with Crippen molar-refractivity contribution >= 4 is 22.5 Å². The summed E-state index contributed by atoms with van der Waals surface area (Å²) in [6.07, 6.45) is 8.19. The minimum Gasteiger partial charge on any atom is -0.481 e. The molecule has 1 aliphatic rings. The SMILES string of the molecule is CCc1c(C2CCC(CC(=O)O)CC2)nc2cc(-c3cnc4ccccc4c3)cnn2c1=N. The van der Waals surface area contributed by atoms with Crippen molar-refractivity contribution in [2.24, 2.45) is 5.92 Å². The molecule has 2 N–H and O–H groups in total. The van der Waals surface area contributed by atoms with Gasteiger partial charge in [0.1, 0.15) is 0 Å². The van der Waals surface area contributed by atoms with Gasteiger partial charge in [-0.2, -0.15) is 9.61 Å². The van der Waals surface area contributed by atoms with Crippen molar-refractivity contribution in [1.82, 2.24) is 19.6 Å². The number of nitrogens with one attached hydrogen (secondary N) is 1. The van der Waals surface area contributed by atoms with E-state index in [0.717, 1.165) is 65.4 Å². The fraction of sp³-hybridized carbons (Fsp3) is 0.346. The summed E-state index contributed by atoms with van der Waals surface area (Å²) in [7, 11) is 0. The zero-order valence-electron chi connectivity index (χ0n) is 18.7. The van der Waals surface area contributed by atoms with E-state index in [1.807, 2.05) is 36.5 Å². The third kappa shape index (κ3) is 4.11. The quantitative estimate of drug-likeness (QED) is 0.466. The van der Waals surface area contributed by atoms with Gasteiger partial charge in [0, 0.05) is 40.6 Å². The largest absolute Gasteiger partial charge is 0.481 e. The van der Waals surface area contributed by atoms with Crippen molar-refractivity contribution in [2.75, 3.05) is 0 Å². The first-order chi connectivity index (χ1) is 16.0. The second-order valence-corrected chi connectivity index (χ2v) is 8.92. The molecular formula is C26H27N5O2. The molecule has 3 aromatic heterocycles. The molecule has 7 nitrogen and oxygen atoms in total. The summed E-state index contributed by atoms with van der Waals surface area (Å²) in [6, 6.07) is 12.1. The number of nitrogens with zero attached hydrogens (tertiary/aromatic N) is 4. The first-order valence-corrected chi connectivity index (χ1v) is 11.6. The standard InChI is InChI=1S/C26H27N5O2/c1-2-21-25(17-9-7-16(8-10-17)11-24(32)33)30-23-13-20(15-29-31(23)26(21)27)19-12-18-5-3-4-6-22(18)28-14-19/h3-6,12-17,27H,2,7-11H2,1H3,(H,32,33). The van der Waals surface area contributed by atoms with Gasteiger partial charge in [-0.1, -0.05) is 25.1 Å². The fourth-order valence-electron chi connectivity index (χ4n) is 5.07. The van der Waals surface area contributed by atoms with Gasteiger partial charge >= 0.3 is 5.97 Å². The van der Waals surface area contributed by atoms with E-state index in [9.17, 15) is 4.79 Å². The van der Waals surface area contributed by atoms with Gasteiger partial charge in [0.15, 0.2) is 11.1 Å². The van der Waals surface area contributed by atoms with Crippen molar-refractivity contribution < 1.29 is 9.90 Å². The van der Waals surface area contributed by atoms with Gasteiger partial charge in [0.05, 0.1) is 17.4 Å². The van der Waals surface area contributed by atoms with Crippen LogP contribution in [-0.4, -0.2) is 30.7 Å². The lowest BCUT2D eigenvalue weighted by atomic mass is 9.78. The molecule has 0 spiro atoms. The van der Waals surface area contributed by atoms with E-state index < -0.39 is 5.97 Å². The lowest BCUT2D eigenvalue weighted by molar-refractivity contribution is -0.138. The molecule has 33 heavy (non-hydrogen) atoms. The molecule has 0 aliphatic heterocycles. The van der Waals surface area contributed by atoms with E-state index in [4.69, 9.17) is 15.5 Å². The van der Waals surface area contributed by atoms with Gasteiger partial charge in [-0.3, -0.25) is 15.2 Å². The zero-order valence-corrected chi connectivity index (χ0v) is 18.7. The van der Waals surface area contributed by atoms with Gasteiger partial charge in [0.25, 0.3) is 0 Å². The Labute approximate surface area is 191 Å². The number of carbonyl (C=O) groups is 1. The minimum absolute atomic E-state index is 0.239. The number of hydrogen-bond acceptors (Lipinski definition) is 5. The van der Waals surface area contributed by atoms with E-state index in [-0.39, 0.29) is 18.3 Å². The Morgan fingerprint density at radius 3 is 2.64 bits per heavy atom. The van der Waals surface area contributed by atoms with Crippen LogP contribution in [0, 0.1) is 11.3 Å². The Balaban J connectivity index is 1.53. The van der Waals surface area contributed by atoms with E-state index >= 15 is 0 Å². The highest BCUT2D eigenvalue weighted by molar-refractivity contribution is 5.83. The Kier molecular flexibility index (Phi) is 5.62.